The van der Waals surface area contributed by atoms with Gasteiger partial charge in [-0.05, 0) is 31.5 Å². The van der Waals surface area contributed by atoms with E-state index in [1.165, 1.54) is 0 Å². The fourth-order valence-electron chi connectivity index (χ4n) is 3.18. The molecule has 0 unspecified atom stereocenters. The van der Waals surface area contributed by atoms with Gasteiger partial charge in [-0.15, -0.1) is 0 Å². The molecule has 5 nitrogen and oxygen atoms in total. The third kappa shape index (κ3) is 4.23. The predicted molar refractivity (Wildman–Crippen MR) is 103 cm³/mol. The Morgan fingerprint density at radius 2 is 1.85 bits per heavy atom. The van der Waals surface area contributed by atoms with Gasteiger partial charge in [-0.2, -0.15) is 0 Å². The van der Waals surface area contributed by atoms with Crippen LogP contribution in [0.25, 0.3) is 0 Å². The number of amides is 3. The summed E-state index contributed by atoms with van der Waals surface area (Å²) in [5.41, 5.74) is 3.13. The number of rotatable bonds is 5. The third-order valence-electron chi connectivity index (χ3n) is 4.68. The Kier molecular flexibility index (Phi) is 5.56. The number of aryl methyl sites for hydroxylation is 1. The van der Waals surface area contributed by atoms with E-state index in [2.05, 4.69) is 5.32 Å². The van der Waals surface area contributed by atoms with E-state index in [4.69, 9.17) is 0 Å². The van der Waals surface area contributed by atoms with Gasteiger partial charge in [0.2, 0.25) is 5.91 Å². The first-order valence-corrected chi connectivity index (χ1v) is 9.03. The van der Waals surface area contributed by atoms with Crippen LogP contribution < -0.4 is 10.2 Å². The van der Waals surface area contributed by atoms with Gasteiger partial charge in [0.15, 0.2) is 0 Å². The molecular weight excluding hydrogens is 326 g/mol. The van der Waals surface area contributed by atoms with Crippen LogP contribution in [0.2, 0.25) is 0 Å². The van der Waals surface area contributed by atoms with E-state index < -0.39 is 0 Å². The lowest BCUT2D eigenvalue weighted by molar-refractivity contribution is -0.117. The lowest BCUT2D eigenvalue weighted by atomic mass is 10.2. The average molecular weight is 351 g/mol. The summed E-state index contributed by atoms with van der Waals surface area (Å²) in [6.45, 7) is 5.66. The number of anilines is 1. The van der Waals surface area contributed by atoms with Gasteiger partial charge in [-0.1, -0.05) is 48.0 Å². The van der Waals surface area contributed by atoms with Crippen molar-refractivity contribution in [3.63, 3.8) is 0 Å². The standard InChI is InChI=1S/C21H25N3O2/c1-3-23(14-17-7-5-4-6-8-17)21(26)22-18-13-20(25)24(15-18)19-11-9-16(2)10-12-19/h4-12,18H,3,13-15H2,1-2H3,(H,22,26)/t18-/m1/s1. The van der Waals surface area contributed by atoms with Gasteiger partial charge in [0.25, 0.3) is 0 Å². The Morgan fingerprint density at radius 3 is 2.50 bits per heavy atom. The van der Waals surface area contributed by atoms with Crippen LogP contribution in [0.5, 0.6) is 0 Å². The number of carbonyl (C=O) groups is 2. The molecule has 3 amide bonds. The van der Waals surface area contributed by atoms with Crippen LogP contribution in [0.3, 0.4) is 0 Å². The molecule has 0 spiro atoms. The van der Waals surface area contributed by atoms with Crippen molar-refractivity contribution in [1.29, 1.82) is 0 Å². The topological polar surface area (TPSA) is 52.7 Å². The zero-order valence-corrected chi connectivity index (χ0v) is 15.3. The van der Waals surface area contributed by atoms with Crippen LogP contribution in [-0.2, 0) is 11.3 Å². The predicted octanol–water partition coefficient (Wildman–Crippen LogP) is 3.33. The fraction of sp³-hybridized carbons (Fsp3) is 0.333. The number of hydrogen-bond acceptors (Lipinski definition) is 2. The second kappa shape index (κ2) is 8.04. The van der Waals surface area contributed by atoms with Crippen LogP contribution in [0.1, 0.15) is 24.5 Å². The molecule has 0 aromatic heterocycles. The van der Waals surface area contributed by atoms with Crippen molar-refractivity contribution in [2.75, 3.05) is 18.0 Å². The smallest absolute Gasteiger partial charge is 0.317 e. The Labute approximate surface area is 154 Å². The SMILES string of the molecule is CCN(Cc1ccccc1)C(=O)N[C@@H]1CC(=O)N(c2ccc(C)cc2)C1. The number of nitrogens with one attached hydrogen (secondary N) is 1. The highest BCUT2D eigenvalue weighted by Crippen LogP contribution is 2.22. The van der Waals surface area contributed by atoms with Gasteiger partial charge in [0, 0.05) is 31.7 Å². The molecule has 0 bridgehead atoms. The zero-order valence-electron chi connectivity index (χ0n) is 15.3. The summed E-state index contributed by atoms with van der Waals surface area (Å²) in [7, 11) is 0. The van der Waals surface area contributed by atoms with Crippen LogP contribution >= 0.6 is 0 Å². The van der Waals surface area contributed by atoms with E-state index in [0.29, 0.717) is 26.1 Å². The van der Waals surface area contributed by atoms with E-state index in [9.17, 15) is 9.59 Å². The Balaban J connectivity index is 1.60. The van der Waals surface area contributed by atoms with Crippen LogP contribution in [0.4, 0.5) is 10.5 Å². The molecule has 136 valence electrons. The summed E-state index contributed by atoms with van der Waals surface area (Å²) >= 11 is 0. The molecule has 1 heterocycles. The van der Waals surface area contributed by atoms with Gasteiger partial charge >= 0.3 is 6.03 Å². The maximum Gasteiger partial charge on any atom is 0.317 e. The van der Waals surface area contributed by atoms with E-state index in [0.717, 1.165) is 16.8 Å². The maximum atomic E-state index is 12.6. The second-order valence-electron chi connectivity index (χ2n) is 6.69. The van der Waals surface area contributed by atoms with Crippen molar-refractivity contribution in [2.45, 2.75) is 32.9 Å². The van der Waals surface area contributed by atoms with Crippen molar-refractivity contribution in [1.82, 2.24) is 10.2 Å². The Bertz CT molecular complexity index is 759. The number of nitrogens with zero attached hydrogens (tertiary/aromatic N) is 2. The molecular formula is C21H25N3O2. The van der Waals surface area contributed by atoms with Gasteiger partial charge in [0.05, 0.1) is 6.04 Å². The number of carbonyl (C=O) groups excluding carboxylic acids is 2. The summed E-state index contributed by atoms with van der Waals surface area (Å²) in [4.78, 5) is 28.5. The summed E-state index contributed by atoms with van der Waals surface area (Å²) in [5.74, 6) is 0.0465. The molecule has 1 fully saturated rings. The monoisotopic (exact) mass is 351 g/mol. The molecule has 26 heavy (non-hydrogen) atoms. The maximum absolute atomic E-state index is 12.6. The number of urea groups is 1. The zero-order chi connectivity index (χ0) is 18.5. The molecule has 2 aromatic carbocycles. The molecule has 1 N–H and O–H groups in total. The lowest BCUT2D eigenvalue weighted by Crippen LogP contribution is -2.45. The minimum absolute atomic E-state index is 0.0465. The van der Waals surface area contributed by atoms with Crippen molar-refractivity contribution >= 4 is 17.6 Å². The Hall–Kier alpha value is -2.82. The van der Waals surface area contributed by atoms with Crippen molar-refractivity contribution < 1.29 is 9.59 Å². The van der Waals surface area contributed by atoms with Gasteiger partial charge < -0.3 is 15.1 Å². The highest BCUT2D eigenvalue weighted by Gasteiger charge is 2.32. The molecule has 5 heteroatoms. The summed E-state index contributed by atoms with van der Waals surface area (Å²) in [6, 6.07) is 17.5. The molecule has 0 radical (unpaired) electrons. The lowest BCUT2D eigenvalue weighted by Gasteiger charge is -2.24. The van der Waals surface area contributed by atoms with Crippen LogP contribution in [0.15, 0.2) is 54.6 Å². The second-order valence-corrected chi connectivity index (χ2v) is 6.69. The molecule has 1 atom stereocenters. The van der Waals surface area contributed by atoms with Gasteiger partial charge in [-0.25, -0.2) is 4.79 Å². The van der Waals surface area contributed by atoms with Crippen LogP contribution in [-0.4, -0.2) is 36.0 Å². The minimum Gasteiger partial charge on any atom is -0.333 e. The minimum atomic E-state index is -0.166. The first-order valence-electron chi connectivity index (χ1n) is 9.03. The van der Waals surface area contributed by atoms with E-state index >= 15 is 0 Å². The quantitative estimate of drug-likeness (QED) is 0.898. The van der Waals surface area contributed by atoms with Crippen LogP contribution in [0, 0.1) is 6.92 Å². The molecule has 0 aliphatic carbocycles. The first kappa shape index (κ1) is 18.0. The largest absolute Gasteiger partial charge is 0.333 e. The van der Waals surface area contributed by atoms with E-state index in [-0.39, 0.29) is 18.0 Å². The van der Waals surface area contributed by atoms with Crippen molar-refractivity contribution in [3.05, 3.63) is 65.7 Å². The van der Waals surface area contributed by atoms with E-state index in [1.807, 2.05) is 68.4 Å². The highest BCUT2D eigenvalue weighted by atomic mass is 16.2. The van der Waals surface area contributed by atoms with Gasteiger partial charge in [0.1, 0.15) is 0 Å². The number of hydrogen-bond donors (Lipinski definition) is 1. The Morgan fingerprint density at radius 1 is 1.15 bits per heavy atom. The van der Waals surface area contributed by atoms with Gasteiger partial charge in [-0.3, -0.25) is 4.79 Å². The molecule has 1 saturated heterocycles. The molecule has 1 aliphatic rings. The van der Waals surface area contributed by atoms with E-state index in [1.54, 1.807) is 9.80 Å². The molecule has 0 saturated carbocycles. The highest BCUT2D eigenvalue weighted by molar-refractivity contribution is 5.96. The number of benzene rings is 2. The summed E-state index contributed by atoms with van der Waals surface area (Å²) < 4.78 is 0. The normalized spacial score (nSPS) is 16.6. The van der Waals surface area contributed by atoms with Crippen molar-refractivity contribution in [3.8, 4) is 0 Å². The fourth-order valence-corrected chi connectivity index (χ4v) is 3.18. The first-order chi connectivity index (χ1) is 12.6. The van der Waals surface area contributed by atoms with Crippen molar-refractivity contribution in [2.24, 2.45) is 0 Å². The third-order valence-corrected chi connectivity index (χ3v) is 4.68. The summed E-state index contributed by atoms with van der Waals surface area (Å²) in [5, 5.41) is 3.02. The molecule has 3 rings (SSSR count). The average Bonchev–Trinajstić information content (AvgIpc) is 3.01. The molecule has 2 aromatic rings. The molecule has 1 aliphatic heterocycles. The summed E-state index contributed by atoms with van der Waals surface area (Å²) in [6.07, 6.45) is 0.336.